The molecule has 20 heavy (non-hydrogen) atoms. The second-order valence-corrected chi connectivity index (χ2v) is 9.15. The van der Waals surface area contributed by atoms with Crippen molar-refractivity contribution in [2.45, 2.75) is 31.9 Å². The van der Waals surface area contributed by atoms with Gasteiger partial charge in [0.05, 0.1) is 23.4 Å². The van der Waals surface area contributed by atoms with Crippen molar-refractivity contribution >= 4 is 25.8 Å². The number of sulfone groups is 1. The molecule has 0 spiro atoms. The Hall–Kier alpha value is -0.670. The van der Waals surface area contributed by atoms with Gasteiger partial charge in [-0.2, -0.15) is 4.31 Å². The second kappa shape index (κ2) is 6.86. The molecule has 1 rings (SSSR count). The van der Waals surface area contributed by atoms with Gasteiger partial charge in [-0.05, 0) is 19.8 Å². The van der Waals surface area contributed by atoms with Gasteiger partial charge in [0.1, 0.15) is 6.54 Å². The topological polar surface area (TPSA) is 97.8 Å². The minimum absolute atomic E-state index is 0.0910. The Balaban J connectivity index is 2.86. The van der Waals surface area contributed by atoms with Gasteiger partial charge in [0.2, 0.25) is 10.0 Å². The highest BCUT2D eigenvalue weighted by Gasteiger charge is 2.40. The van der Waals surface area contributed by atoms with Gasteiger partial charge in [-0.25, -0.2) is 16.8 Å². The molecule has 1 fully saturated rings. The lowest BCUT2D eigenvalue weighted by atomic mass is 10.4. The fraction of sp³-hybridized carbons (Fsp3) is 0.909. The standard InChI is InChI=1S/C11H21NO6S2/c1-3-6-12(8-11(13)18-4-2)20(16,17)10-5-7-19(14,15)9-10/h10H,3-9H2,1-2H3. The Labute approximate surface area is 120 Å². The van der Waals surface area contributed by atoms with Crippen molar-refractivity contribution in [2.24, 2.45) is 0 Å². The van der Waals surface area contributed by atoms with Crippen molar-refractivity contribution in [3.8, 4) is 0 Å². The Kier molecular flexibility index (Phi) is 5.96. The molecule has 0 aromatic rings. The van der Waals surface area contributed by atoms with Crippen LogP contribution in [0.25, 0.3) is 0 Å². The molecule has 1 heterocycles. The largest absolute Gasteiger partial charge is 0.465 e. The maximum atomic E-state index is 12.4. The summed E-state index contributed by atoms with van der Waals surface area (Å²) in [5.41, 5.74) is 0. The molecule has 0 saturated carbocycles. The normalized spacial score (nSPS) is 22.1. The third-order valence-corrected chi connectivity index (χ3v) is 7.31. The van der Waals surface area contributed by atoms with Gasteiger partial charge in [-0.3, -0.25) is 4.79 Å². The van der Waals surface area contributed by atoms with Crippen LogP contribution in [0, 0.1) is 0 Å². The first-order chi connectivity index (χ1) is 9.23. The Morgan fingerprint density at radius 2 is 2.00 bits per heavy atom. The van der Waals surface area contributed by atoms with Crippen LogP contribution in [0.3, 0.4) is 0 Å². The fourth-order valence-electron chi connectivity index (χ4n) is 2.10. The third-order valence-electron chi connectivity index (χ3n) is 3.06. The van der Waals surface area contributed by atoms with Crippen molar-refractivity contribution in [3.05, 3.63) is 0 Å². The highest BCUT2D eigenvalue weighted by Crippen LogP contribution is 2.22. The van der Waals surface area contributed by atoms with E-state index in [1.54, 1.807) is 13.8 Å². The Bertz CT molecular complexity index is 539. The molecule has 1 aliphatic rings. The number of hydrogen-bond acceptors (Lipinski definition) is 6. The zero-order chi connectivity index (χ0) is 15.4. The molecule has 0 amide bonds. The van der Waals surface area contributed by atoms with Crippen molar-refractivity contribution in [2.75, 3.05) is 31.2 Å². The van der Waals surface area contributed by atoms with E-state index in [4.69, 9.17) is 4.74 Å². The molecule has 1 saturated heterocycles. The van der Waals surface area contributed by atoms with Crippen LogP contribution in [-0.2, 0) is 29.4 Å². The predicted octanol–water partition coefficient (Wildman–Crippen LogP) is -0.222. The number of sulfonamides is 1. The maximum absolute atomic E-state index is 12.4. The van der Waals surface area contributed by atoms with E-state index in [0.29, 0.717) is 6.42 Å². The van der Waals surface area contributed by atoms with Crippen LogP contribution in [0.4, 0.5) is 0 Å². The number of carbonyl (C=O) groups excluding carboxylic acids is 1. The van der Waals surface area contributed by atoms with Crippen LogP contribution >= 0.6 is 0 Å². The van der Waals surface area contributed by atoms with Crippen molar-refractivity contribution < 1.29 is 26.4 Å². The van der Waals surface area contributed by atoms with Crippen LogP contribution < -0.4 is 0 Å². The summed E-state index contributed by atoms with van der Waals surface area (Å²) >= 11 is 0. The first-order valence-electron chi connectivity index (χ1n) is 6.58. The van der Waals surface area contributed by atoms with Crippen LogP contribution in [0.15, 0.2) is 0 Å². The lowest BCUT2D eigenvalue weighted by Crippen LogP contribution is -2.43. The monoisotopic (exact) mass is 327 g/mol. The summed E-state index contributed by atoms with van der Waals surface area (Å²) in [6.45, 7) is 3.42. The highest BCUT2D eigenvalue weighted by atomic mass is 32.2. The first-order valence-corrected chi connectivity index (χ1v) is 9.90. The zero-order valence-electron chi connectivity index (χ0n) is 11.7. The van der Waals surface area contributed by atoms with Gasteiger partial charge in [0.25, 0.3) is 0 Å². The van der Waals surface area contributed by atoms with E-state index in [1.165, 1.54) is 0 Å². The summed E-state index contributed by atoms with van der Waals surface area (Å²) in [5.74, 6) is -1.10. The minimum atomic E-state index is -3.79. The number of hydrogen-bond donors (Lipinski definition) is 0. The van der Waals surface area contributed by atoms with Crippen molar-refractivity contribution in [3.63, 3.8) is 0 Å². The smallest absolute Gasteiger partial charge is 0.321 e. The Morgan fingerprint density at radius 1 is 1.35 bits per heavy atom. The average Bonchev–Trinajstić information content (AvgIpc) is 2.70. The maximum Gasteiger partial charge on any atom is 0.321 e. The summed E-state index contributed by atoms with van der Waals surface area (Å²) in [6.07, 6.45) is 0.631. The molecule has 0 aliphatic carbocycles. The molecule has 1 atom stereocenters. The van der Waals surface area contributed by atoms with Gasteiger partial charge < -0.3 is 4.74 Å². The van der Waals surface area contributed by atoms with E-state index < -0.39 is 31.1 Å². The lowest BCUT2D eigenvalue weighted by Gasteiger charge is -2.23. The van der Waals surface area contributed by atoms with E-state index in [1.807, 2.05) is 0 Å². The summed E-state index contributed by atoms with van der Waals surface area (Å²) in [5, 5.41) is -0.950. The van der Waals surface area contributed by atoms with Crippen LogP contribution in [0.1, 0.15) is 26.7 Å². The van der Waals surface area contributed by atoms with Gasteiger partial charge in [-0.15, -0.1) is 0 Å². The number of carbonyl (C=O) groups is 1. The number of esters is 1. The molecule has 9 heteroatoms. The van der Waals surface area contributed by atoms with E-state index >= 15 is 0 Å². The molecular formula is C11H21NO6S2. The van der Waals surface area contributed by atoms with Gasteiger partial charge in [0.15, 0.2) is 9.84 Å². The quantitative estimate of drug-likeness (QED) is 0.600. The fourth-order valence-corrected chi connectivity index (χ4v) is 6.67. The van der Waals surface area contributed by atoms with E-state index in [2.05, 4.69) is 0 Å². The van der Waals surface area contributed by atoms with Gasteiger partial charge >= 0.3 is 5.97 Å². The molecule has 0 radical (unpaired) electrons. The first kappa shape index (κ1) is 17.4. The Morgan fingerprint density at radius 3 is 2.45 bits per heavy atom. The second-order valence-electron chi connectivity index (χ2n) is 4.71. The zero-order valence-corrected chi connectivity index (χ0v) is 13.4. The highest BCUT2D eigenvalue weighted by molar-refractivity contribution is 7.95. The van der Waals surface area contributed by atoms with E-state index in [9.17, 15) is 21.6 Å². The minimum Gasteiger partial charge on any atom is -0.465 e. The molecule has 0 aromatic heterocycles. The van der Waals surface area contributed by atoms with Gasteiger partial charge in [-0.1, -0.05) is 6.92 Å². The summed E-state index contributed by atoms with van der Waals surface area (Å²) in [4.78, 5) is 11.5. The predicted molar refractivity (Wildman–Crippen MR) is 74.5 cm³/mol. The summed E-state index contributed by atoms with van der Waals surface area (Å²) in [6, 6.07) is 0. The summed E-state index contributed by atoms with van der Waals surface area (Å²) < 4.78 is 53.4. The number of ether oxygens (including phenoxy) is 1. The molecule has 0 bridgehead atoms. The third kappa shape index (κ3) is 4.42. The summed E-state index contributed by atoms with van der Waals surface area (Å²) in [7, 11) is -7.08. The molecule has 0 N–H and O–H groups in total. The molecule has 0 aromatic carbocycles. The number of rotatable bonds is 7. The van der Waals surface area contributed by atoms with Crippen LogP contribution in [0.5, 0.6) is 0 Å². The average molecular weight is 327 g/mol. The molecule has 118 valence electrons. The SMILES string of the molecule is CCCN(CC(=O)OCC)S(=O)(=O)C1CCS(=O)(=O)C1. The van der Waals surface area contributed by atoms with Crippen LogP contribution in [0.2, 0.25) is 0 Å². The van der Waals surface area contributed by atoms with Crippen molar-refractivity contribution in [1.82, 2.24) is 4.31 Å². The molecule has 7 nitrogen and oxygen atoms in total. The number of nitrogens with zero attached hydrogens (tertiary/aromatic N) is 1. The molecule has 1 unspecified atom stereocenters. The lowest BCUT2D eigenvalue weighted by molar-refractivity contribution is -0.143. The van der Waals surface area contributed by atoms with E-state index in [0.717, 1.165) is 4.31 Å². The van der Waals surface area contributed by atoms with Crippen molar-refractivity contribution in [1.29, 1.82) is 0 Å². The van der Waals surface area contributed by atoms with E-state index in [-0.39, 0.29) is 37.6 Å². The van der Waals surface area contributed by atoms with Gasteiger partial charge in [0, 0.05) is 6.54 Å². The van der Waals surface area contributed by atoms with Crippen LogP contribution in [-0.4, -0.2) is 63.6 Å². The molecular weight excluding hydrogens is 306 g/mol. The molecule has 1 aliphatic heterocycles.